The first-order valence-electron chi connectivity index (χ1n) is 0. The Morgan fingerprint density at radius 2 is 0.667 bits per heavy atom. The molecule has 0 aliphatic carbocycles. The number of hydrogen-bond acceptors (Lipinski definition) is 0. The van der Waals surface area contributed by atoms with Crippen molar-refractivity contribution in [1.82, 2.24) is 0 Å². The second kappa shape index (κ2) is 58.4. The summed E-state index contributed by atoms with van der Waals surface area (Å²) in [5, 5.41) is 0. The molecule has 6 heteroatoms. The number of hydrogen-bond donors (Lipinski definition) is 0. The molecule has 0 aromatic carbocycles. The molecule has 0 saturated heterocycles. The Hall–Kier alpha value is 2.15. The van der Waals surface area contributed by atoms with Gasteiger partial charge in [0.15, 0.2) is 0 Å². The molecular formula is FeLi2MnO2. The van der Waals surface area contributed by atoms with Crippen LogP contribution in [0.5, 0.6) is 0 Å². The van der Waals surface area contributed by atoms with Gasteiger partial charge >= 0.3 is 54.8 Å². The van der Waals surface area contributed by atoms with Crippen LogP contribution in [0.3, 0.4) is 0 Å². The summed E-state index contributed by atoms with van der Waals surface area (Å²) < 4.78 is 0. The molecule has 0 rings (SSSR count). The van der Waals surface area contributed by atoms with E-state index in [0.717, 1.165) is 0 Å². The molecule has 2 nitrogen and oxygen atoms in total. The first kappa shape index (κ1) is 90.0. The predicted octanol–water partition coefficient (Wildman–Crippen LogP) is -6.23. The monoisotopic (exact) mass is 157 g/mol. The van der Waals surface area contributed by atoms with Crippen LogP contribution in [0.1, 0.15) is 0 Å². The van der Waals surface area contributed by atoms with Crippen LogP contribution < -0.4 is 37.7 Å². The van der Waals surface area contributed by atoms with Crippen LogP contribution >= 0.6 is 0 Å². The van der Waals surface area contributed by atoms with Crippen molar-refractivity contribution < 1.29 is 82.8 Å². The van der Waals surface area contributed by atoms with Gasteiger partial charge in [0.05, 0.1) is 0 Å². The molecule has 0 amide bonds. The zero-order valence-corrected chi connectivity index (χ0v) is 5.83. The van der Waals surface area contributed by atoms with Gasteiger partial charge in [0, 0.05) is 17.1 Å². The molecule has 0 unspecified atom stereocenters. The summed E-state index contributed by atoms with van der Waals surface area (Å²) >= 11 is 0. The van der Waals surface area contributed by atoms with E-state index in [1.165, 1.54) is 0 Å². The van der Waals surface area contributed by atoms with Crippen molar-refractivity contribution in [2.75, 3.05) is 0 Å². The summed E-state index contributed by atoms with van der Waals surface area (Å²) in [7, 11) is 0. The molecule has 0 aromatic rings. The van der Waals surface area contributed by atoms with Crippen LogP contribution in [0.2, 0.25) is 0 Å². The molecule has 6 heavy (non-hydrogen) atoms. The maximum atomic E-state index is 0. The van der Waals surface area contributed by atoms with E-state index >= 15 is 0 Å². The third kappa shape index (κ3) is 35.2. The third-order valence-electron chi connectivity index (χ3n) is 0. The van der Waals surface area contributed by atoms with E-state index < -0.39 is 0 Å². The van der Waals surface area contributed by atoms with Gasteiger partial charge in [0.1, 0.15) is 0 Å². The van der Waals surface area contributed by atoms with Crippen LogP contribution in [0.4, 0.5) is 0 Å². The Kier molecular flexibility index (Phi) is 876. The van der Waals surface area contributed by atoms with Crippen molar-refractivity contribution in [3.63, 3.8) is 0 Å². The van der Waals surface area contributed by atoms with Gasteiger partial charge in [0.2, 0.25) is 0 Å². The van der Waals surface area contributed by atoms with E-state index in [1.807, 2.05) is 0 Å². The van der Waals surface area contributed by atoms with Crippen molar-refractivity contribution in [3.05, 3.63) is 0 Å². The molecular weight excluding hydrogens is 157 g/mol. The molecule has 0 aliphatic heterocycles. The first-order chi connectivity index (χ1) is 0. The van der Waals surface area contributed by atoms with E-state index in [9.17, 15) is 0 Å². The van der Waals surface area contributed by atoms with Gasteiger partial charge in [0.25, 0.3) is 0 Å². The minimum absolute atomic E-state index is 0. The summed E-state index contributed by atoms with van der Waals surface area (Å²) in [5.41, 5.74) is 0. The topological polar surface area (TPSA) is 57.0 Å². The smallest absolute Gasteiger partial charge is 2.00 e. The van der Waals surface area contributed by atoms with Crippen molar-refractivity contribution in [1.29, 1.82) is 0 Å². The van der Waals surface area contributed by atoms with Crippen molar-refractivity contribution in [2.24, 2.45) is 0 Å². The Balaban J connectivity index is 0. The Morgan fingerprint density at radius 3 is 0.667 bits per heavy atom. The summed E-state index contributed by atoms with van der Waals surface area (Å²) in [6.07, 6.45) is 0. The second-order valence-corrected chi connectivity index (χ2v) is 0. The standard InChI is InChI=1S/Fe.2Li.Mn.2O/q;2*+1;+2;2*-2. The molecule has 0 bridgehead atoms. The molecule has 0 saturated carbocycles. The average Bonchev–Trinajstić information content (AvgIpc) is 0. The van der Waals surface area contributed by atoms with Crippen molar-refractivity contribution in [3.8, 4) is 0 Å². The maximum absolute atomic E-state index is 0. The SMILES string of the molecule is [Fe].[Li+].[Li+].[Mn+2].[O-2].[O-2]. The Bertz CT molecular complexity index is 11.5. The van der Waals surface area contributed by atoms with E-state index in [0.29, 0.717) is 0 Å². The third-order valence-corrected chi connectivity index (χ3v) is 0. The molecule has 0 heterocycles. The van der Waals surface area contributed by atoms with Gasteiger partial charge < -0.3 is 11.0 Å². The zero-order chi connectivity index (χ0) is 0. The minimum atomic E-state index is 0. The molecule has 0 spiro atoms. The van der Waals surface area contributed by atoms with Crippen LogP contribution in [0.25, 0.3) is 0 Å². The van der Waals surface area contributed by atoms with Crippen LogP contribution in [0, 0.1) is 0 Å². The van der Waals surface area contributed by atoms with Gasteiger partial charge in [-0.1, -0.05) is 0 Å². The first-order valence-corrected chi connectivity index (χ1v) is 0. The molecule has 0 N–H and O–H groups in total. The fraction of sp³-hybridized carbons (Fsp3) is 0. The summed E-state index contributed by atoms with van der Waals surface area (Å²) in [6, 6.07) is 0. The van der Waals surface area contributed by atoms with E-state index in [4.69, 9.17) is 0 Å². The quantitative estimate of drug-likeness (QED) is 0.314. The average molecular weight is 157 g/mol. The van der Waals surface area contributed by atoms with Gasteiger partial charge in [-0.25, -0.2) is 0 Å². The van der Waals surface area contributed by atoms with Gasteiger partial charge in [-0.3, -0.25) is 0 Å². The minimum Gasteiger partial charge on any atom is -2.00 e. The molecule has 1 radical (unpaired) electrons. The van der Waals surface area contributed by atoms with E-state index in [1.54, 1.807) is 0 Å². The summed E-state index contributed by atoms with van der Waals surface area (Å²) in [6.45, 7) is 0. The largest absolute Gasteiger partial charge is 2.00 e. The zero-order valence-electron chi connectivity index (χ0n) is 3.55. The molecule has 0 aliphatic rings. The van der Waals surface area contributed by atoms with E-state index in [-0.39, 0.29) is 82.8 Å². The predicted molar refractivity (Wildman–Crippen MR) is 1.37 cm³/mol. The van der Waals surface area contributed by atoms with Crippen molar-refractivity contribution in [2.45, 2.75) is 0 Å². The van der Waals surface area contributed by atoms with Gasteiger partial charge in [-0.2, -0.15) is 0 Å². The number of rotatable bonds is 0. The molecule has 0 atom stereocenters. The molecule has 0 aromatic heterocycles. The second-order valence-electron chi connectivity index (χ2n) is 0. The van der Waals surface area contributed by atoms with Crippen molar-refractivity contribution >= 4 is 0 Å². The van der Waals surface area contributed by atoms with Gasteiger partial charge in [-0.05, 0) is 0 Å². The van der Waals surface area contributed by atoms with Crippen LogP contribution in [-0.2, 0) is 45.1 Å². The van der Waals surface area contributed by atoms with E-state index in [2.05, 4.69) is 0 Å². The van der Waals surface area contributed by atoms with Crippen LogP contribution in [-0.4, -0.2) is 0 Å². The molecule has 29 valence electrons. The maximum Gasteiger partial charge on any atom is 2.00 e. The fourth-order valence-corrected chi connectivity index (χ4v) is 0. The van der Waals surface area contributed by atoms with Crippen LogP contribution in [0.15, 0.2) is 0 Å². The Morgan fingerprint density at radius 1 is 0.667 bits per heavy atom. The summed E-state index contributed by atoms with van der Waals surface area (Å²) in [5.74, 6) is 0. The molecule has 0 fully saturated rings. The summed E-state index contributed by atoms with van der Waals surface area (Å²) in [4.78, 5) is 0. The normalized spacial score (nSPS) is 0. The Labute approximate surface area is 82.1 Å². The fourth-order valence-electron chi connectivity index (χ4n) is 0. The van der Waals surface area contributed by atoms with Gasteiger partial charge in [-0.15, -0.1) is 0 Å².